The molecule has 0 fully saturated rings. The summed E-state index contributed by atoms with van der Waals surface area (Å²) >= 11 is 0. The number of nitrogens with zero attached hydrogens (tertiary/aromatic N) is 3. The lowest BCUT2D eigenvalue weighted by molar-refractivity contribution is 0.0129. The van der Waals surface area contributed by atoms with E-state index in [1.807, 2.05) is 0 Å². The van der Waals surface area contributed by atoms with Crippen LogP contribution in [0.5, 0.6) is 0 Å². The van der Waals surface area contributed by atoms with Crippen molar-refractivity contribution in [2.24, 2.45) is 10.8 Å². The summed E-state index contributed by atoms with van der Waals surface area (Å²) in [5.74, 6) is -0.609. The summed E-state index contributed by atoms with van der Waals surface area (Å²) in [7, 11) is 0. The second-order valence-electron chi connectivity index (χ2n) is 3.82. The zero-order chi connectivity index (χ0) is 13.5. The molecule has 1 aromatic rings. The van der Waals surface area contributed by atoms with Crippen molar-refractivity contribution < 1.29 is 14.6 Å². The molecule has 7 heteroatoms. The number of rotatable bonds is 6. The van der Waals surface area contributed by atoms with Crippen LogP contribution in [0.25, 0.3) is 10.4 Å². The van der Waals surface area contributed by atoms with Crippen LogP contribution in [0, 0.1) is 5.82 Å². The van der Waals surface area contributed by atoms with Crippen LogP contribution >= 0.6 is 0 Å². The average molecular weight is 254 g/mol. The van der Waals surface area contributed by atoms with Crippen LogP contribution in [0.15, 0.2) is 23.3 Å². The van der Waals surface area contributed by atoms with Gasteiger partial charge in [0, 0.05) is 23.6 Å². The topological polar surface area (TPSA) is 115 Å². The van der Waals surface area contributed by atoms with Crippen molar-refractivity contribution in [3.05, 3.63) is 45.6 Å². The van der Waals surface area contributed by atoms with Gasteiger partial charge in [-0.1, -0.05) is 11.2 Å². The molecule has 6 nitrogen and oxygen atoms in total. The number of aliphatic hydroxyl groups is 2. The molecule has 98 valence electrons. The summed E-state index contributed by atoms with van der Waals surface area (Å²) in [6.07, 6.45) is -2.51. The molecule has 0 amide bonds. The Bertz CT molecular complexity index is 449. The number of nitrogens with two attached hydrogens (primary N) is 1. The highest BCUT2D eigenvalue weighted by Gasteiger charge is 2.21. The first-order valence-electron chi connectivity index (χ1n) is 5.45. The Morgan fingerprint density at radius 3 is 2.78 bits per heavy atom. The van der Waals surface area contributed by atoms with Crippen LogP contribution in [0.4, 0.5) is 4.39 Å². The van der Waals surface area contributed by atoms with Crippen LogP contribution in [-0.2, 0) is 6.54 Å². The SMILES string of the molecule is [N-]=[N+]=NCCC(O)C(O)c1cc(CN)ccc1F. The predicted octanol–water partition coefficient (Wildman–Crippen LogP) is 1.38. The van der Waals surface area contributed by atoms with Gasteiger partial charge in [0.05, 0.1) is 6.10 Å². The van der Waals surface area contributed by atoms with Gasteiger partial charge < -0.3 is 15.9 Å². The number of benzene rings is 1. The molecule has 0 aliphatic carbocycles. The predicted molar refractivity (Wildman–Crippen MR) is 63.9 cm³/mol. The molecule has 0 aliphatic heterocycles. The third-order valence-electron chi connectivity index (χ3n) is 2.57. The van der Waals surface area contributed by atoms with Crippen molar-refractivity contribution in [3.8, 4) is 0 Å². The van der Waals surface area contributed by atoms with Gasteiger partial charge in [0.25, 0.3) is 0 Å². The number of hydrogen-bond acceptors (Lipinski definition) is 4. The highest BCUT2D eigenvalue weighted by Crippen LogP contribution is 2.23. The van der Waals surface area contributed by atoms with Crippen molar-refractivity contribution in [3.63, 3.8) is 0 Å². The Hall–Kier alpha value is -1.66. The van der Waals surface area contributed by atoms with E-state index in [1.165, 1.54) is 18.2 Å². The van der Waals surface area contributed by atoms with Gasteiger partial charge in [-0.25, -0.2) is 4.39 Å². The fourth-order valence-electron chi connectivity index (χ4n) is 1.55. The van der Waals surface area contributed by atoms with Gasteiger partial charge in [0.1, 0.15) is 11.9 Å². The van der Waals surface area contributed by atoms with Crippen molar-refractivity contribution in [1.82, 2.24) is 0 Å². The van der Waals surface area contributed by atoms with E-state index in [4.69, 9.17) is 11.3 Å². The third kappa shape index (κ3) is 3.68. The Balaban J connectivity index is 2.81. The maximum atomic E-state index is 13.5. The highest BCUT2D eigenvalue weighted by molar-refractivity contribution is 5.27. The lowest BCUT2D eigenvalue weighted by atomic mass is 9.99. The van der Waals surface area contributed by atoms with Gasteiger partial charge in [0.15, 0.2) is 0 Å². The third-order valence-corrected chi connectivity index (χ3v) is 2.57. The van der Waals surface area contributed by atoms with Crippen LogP contribution in [0.2, 0.25) is 0 Å². The molecule has 0 bridgehead atoms. The maximum Gasteiger partial charge on any atom is 0.129 e. The quantitative estimate of drug-likeness (QED) is 0.404. The molecular weight excluding hydrogens is 239 g/mol. The number of hydrogen-bond donors (Lipinski definition) is 3. The number of aliphatic hydroxyl groups excluding tert-OH is 2. The van der Waals surface area contributed by atoms with Gasteiger partial charge in [0.2, 0.25) is 0 Å². The summed E-state index contributed by atoms with van der Waals surface area (Å²) < 4.78 is 13.5. The molecule has 0 saturated carbocycles. The summed E-state index contributed by atoms with van der Waals surface area (Å²) in [6, 6.07) is 4.12. The monoisotopic (exact) mass is 254 g/mol. The lowest BCUT2D eigenvalue weighted by Crippen LogP contribution is -2.20. The highest BCUT2D eigenvalue weighted by atomic mass is 19.1. The molecule has 0 aromatic heterocycles. The zero-order valence-electron chi connectivity index (χ0n) is 9.70. The van der Waals surface area contributed by atoms with Crippen LogP contribution in [-0.4, -0.2) is 22.9 Å². The van der Waals surface area contributed by atoms with Crippen LogP contribution in [0.1, 0.15) is 23.7 Å². The van der Waals surface area contributed by atoms with Crippen molar-refractivity contribution >= 4 is 0 Å². The van der Waals surface area contributed by atoms with Crippen LogP contribution in [0.3, 0.4) is 0 Å². The minimum absolute atomic E-state index is 0.00797. The van der Waals surface area contributed by atoms with E-state index >= 15 is 0 Å². The minimum Gasteiger partial charge on any atom is -0.390 e. The van der Waals surface area contributed by atoms with Crippen LogP contribution < -0.4 is 5.73 Å². The van der Waals surface area contributed by atoms with E-state index in [-0.39, 0.29) is 25.1 Å². The average Bonchev–Trinajstić information content (AvgIpc) is 2.38. The van der Waals surface area contributed by atoms with Gasteiger partial charge in [-0.2, -0.15) is 0 Å². The van der Waals surface area contributed by atoms with E-state index in [0.29, 0.717) is 5.56 Å². The Morgan fingerprint density at radius 2 is 2.17 bits per heavy atom. The molecule has 2 unspecified atom stereocenters. The first kappa shape index (κ1) is 14.4. The molecule has 1 aromatic carbocycles. The first-order chi connectivity index (χ1) is 8.60. The largest absolute Gasteiger partial charge is 0.390 e. The fourth-order valence-corrected chi connectivity index (χ4v) is 1.55. The maximum absolute atomic E-state index is 13.5. The first-order valence-corrected chi connectivity index (χ1v) is 5.45. The molecule has 18 heavy (non-hydrogen) atoms. The molecule has 2 atom stereocenters. The zero-order valence-corrected chi connectivity index (χ0v) is 9.70. The van der Waals surface area contributed by atoms with E-state index in [0.717, 1.165) is 0 Å². The minimum atomic E-state index is -1.37. The fraction of sp³-hybridized carbons (Fsp3) is 0.455. The van der Waals surface area contributed by atoms with E-state index < -0.39 is 18.0 Å². The Morgan fingerprint density at radius 1 is 1.44 bits per heavy atom. The van der Waals surface area contributed by atoms with Gasteiger partial charge >= 0.3 is 0 Å². The van der Waals surface area contributed by atoms with Gasteiger partial charge in [-0.05, 0) is 29.6 Å². The second kappa shape index (κ2) is 6.93. The standard InChI is InChI=1S/C11H15FN4O2/c12-9-2-1-7(6-13)5-8(9)11(18)10(17)3-4-15-16-14/h1-2,5,10-11,17-18H,3-4,6,13H2. The second-order valence-corrected chi connectivity index (χ2v) is 3.82. The molecule has 0 radical (unpaired) electrons. The number of halogens is 1. The lowest BCUT2D eigenvalue weighted by Gasteiger charge is -2.18. The summed E-state index contributed by atoms with van der Waals surface area (Å²) in [5, 5.41) is 22.7. The molecule has 1 rings (SSSR count). The van der Waals surface area contributed by atoms with Crippen molar-refractivity contribution in [1.29, 1.82) is 0 Å². The van der Waals surface area contributed by atoms with Crippen molar-refractivity contribution in [2.45, 2.75) is 25.2 Å². The Kier molecular flexibility index (Phi) is 5.54. The molecular formula is C11H15FN4O2. The molecule has 0 heterocycles. The van der Waals surface area contributed by atoms with Gasteiger partial charge in [-0.3, -0.25) is 0 Å². The summed E-state index contributed by atoms with van der Waals surface area (Å²) in [5.41, 5.74) is 14.2. The Labute approximate surface area is 103 Å². The van der Waals surface area contributed by atoms with Crippen molar-refractivity contribution in [2.75, 3.05) is 6.54 Å². The molecule has 0 aliphatic rings. The normalized spacial score (nSPS) is 13.8. The molecule has 4 N–H and O–H groups in total. The smallest absolute Gasteiger partial charge is 0.129 e. The van der Waals surface area contributed by atoms with E-state index in [2.05, 4.69) is 10.0 Å². The number of azide groups is 1. The van der Waals surface area contributed by atoms with E-state index in [1.54, 1.807) is 0 Å². The van der Waals surface area contributed by atoms with Gasteiger partial charge in [-0.15, -0.1) is 0 Å². The molecule has 0 spiro atoms. The van der Waals surface area contributed by atoms with E-state index in [9.17, 15) is 14.6 Å². The summed E-state index contributed by atoms with van der Waals surface area (Å²) in [4.78, 5) is 2.53. The molecule has 0 saturated heterocycles. The summed E-state index contributed by atoms with van der Waals surface area (Å²) in [6.45, 7) is 0.252.